The zero-order chi connectivity index (χ0) is 36.4. The van der Waals surface area contributed by atoms with E-state index in [-0.39, 0.29) is 130 Å². The molecule has 52 heavy (non-hydrogen) atoms. The van der Waals surface area contributed by atoms with Crippen LogP contribution >= 0.6 is 0 Å². The third kappa shape index (κ3) is 11.2. The Labute approximate surface area is 336 Å². The second kappa shape index (κ2) is 20.4. The molecule has 1 N–H and O–H groups in total. The van der Waals surface area contributed by atoms with Crippen LogP contribution in [-0.2, 0) is 19.1 Å². The topological polar surface area (TPSA) is 250 Å². The number of hydrogen-bond donors (Lipinski definition) is 1. The van der Waals surface area contributed by atoms with Gasteiger partial charge in [0, 0.05) is 24.3 Å². The van der Waals surface area contributed by atoms with Crippen molar-refractivity contribution in [2.75, 3.05) is 39.6 Å². The zero-order valence-electron chi connectivity index (χ0n) is 27.8. The number of benzene rings is 2. The molecule has 0 aliphatic rings. The molecule has 0 radical (unpaired) electrons. The number of aliphatic hydroxyl groups is 1. The maximum atomic E-state index is 12.9. The minimum absolute atomic E-state index is 0. The number of rotatable bonds is 18. The van der Waals surface area contributed by atoms with Gasteiger partial charge in [-0.05, 0) is 24.3 Å². The van der Waals surface area contributed by atoms with Crippen molar-refractivity contribution in [1.29, 1.82) is 0 Å². The molecule has 0 amide bonds. The molecule has 2 heterocycles. The summed E-state index contributed by atoms with van der Waals surface area (Å²) >= 11 is 0. The standard InChI is InChI=1S/C33H28O17.2Na/c1-3-26(37)45-11-9-43-22-7-5-20(28-18(35)13-24(32(39)40)49-30(22)28)47-15-17(34)16-48-21-6-8-23(44-10-12-46-27(38)4-2)31-29(21)19(36)14-25(50-31)33(41)42;;/h3-8,13-14,17,34H,1-2,9-12,15-16H2,(H,39,40)(H,41,42);;/q;2*+1/p-2. The Kier molecular flexibility index (Phi) is 17.1. The largest absolute Gasteiger partial charge is 1.00 e. The van der Waals surface area contributed by atoms with Crippen LogP contribution in [0.1, 0.15) is 21.1 Å². The van der Waals surface area contributed by atoms with Crippen molar-refractivity contribution in [1.82, 2.24) is 0 Å². The molecule has 17 nitrogen and oxygen atoms in total. The van der Waals surface area contributed by atoms with Crippen molar-refractivity contribution in [3.8, 4) is 23.0 Å². The zero-order valence-corrected chi connectivity index (χ0v) is 31.8. The fourth-order valence-corrected chi connectivity index (χ4v) is 4.22. The number of hydrogen-bond acceptors (Lipinski definition) is 17. The van der Waals surface area contributed by atoms with Gasteiger partial charge >= 0.3 is 71.1 Å². The molecule has 262 valence electrons. The summed E-state index contributed by atoms with van der Waals surface area (Å²) in [7, 11) is 0. The molecule has 4 rings (SSSR count). The molecule has 0 bridgehead atoms. The van der Waals surface area contributed by atoms with E-state index in [4.69, 9.17) is 37.3 Å². The molecule has 0 aliphatic carbocycles. The van der Waals surface area contributed by atoms with Crippen LogP contribution in [-0.4, -0.2) is 74.7 Å². The maximum Gasteiger partial charge on any atom is 1.00 e. The van der Waals surface area contributed by atoms with Gasteiger partial charge in [0.05, 0.1) is 0 Å². The Hall–Kier alpha value is -4.62. The van der Waals surface area contributed by atoms with Gasteiger partial charge in [0.1, 0.15) is 80.0 Å². The van der Waals surface area contributed by atoms with E-state index in [1.807, 2.05) is 0 Å². The predicted octanol–water partition coefficient (Wildman–Crippen LogP) is -6.33. The van der Waals surface area contributed by atoms with Gasteiger partial charge in [-0.15, -0.1) is 0 Å². The second-order valence-electron chi connectivity index (χ2n) is 9.77. The van der Waals surface area contributed by atoms with E-state index in [1.54, 1.807) is 0 Å². The molecule has 0 saturated carbocycles. The van der Waals surface area contributed by atoms with E-state index in [2.05, 4.69) is 13.2 Å². The van der Waals surface area contributed by atoms with Crippen LogP contribution in [0.4, 0.5) is 0 Å². The fraction of sp³-hybridized carbons (Fsp3) is 0.212. The Morgan fingerprint density at radius 3 is 1.37 bits per heavy atom. The van der Waals surface area contributed by atoms with Crippen LogP contribution in [0, 0.1) is 0 Å². The smallest absolute Gasteiger partial charge is 0.542 e. The van der Waals surface area contributed by atoms with Gasteiger partial charge in [-0.3, -0.25) is 9.59 Å². The summed E-state index contributed by atoms with van der Waals surface area (Å²) in [6.07, 6.45) is 0.484. The molecule has 0 spiro atoms. The average molecular weight is 741 g/mol. The van der Waals surface area contributed by atoms with Crippen molar-refractivity contribution in [2.24, 2.45) is 0 Å². The first kappa shape index (κ1) is 43.5. The second-order valence-corrected chi connectivity index (χ2v) is 9.77. The molecule has 0 unspecified atom stereocenters. The van der Waals surface area contributed by atoms with E-state index in [0.29, 0.717) is 12.1 Å². The summed E-state index contributed by atoms with van der Waals surface area (Å²) < 4.78 is 42.6. The quantitative estimate of drug-likeness (QED) is 0.0431. The van der Waals surface area contributed by atoms with Crippen LogP contribution in [0.25, 0.3) is 21.9 Å². The molecule has 2 aromatic carbocycles. The first-order valence-electron chi connectivity index (χ1n) is 14.4. The van der Waals surface area contributed by atoms with Crippen LogP contribution in [0.3, 0.4) is 0 Å². The van der Waals surface area contributed by atoms with Gasteiger partial charge in [-0.1, -0.05) is 13.2 Å². The molecular formula is C33H26Na2O17. The van der Waals surface area contributed by atoms with Gasteiger partial charge in [-0.2, -0.15) is 0 Å². The molecule has 0 aliphatic heterocycles. The van der Waals surface area contributed by atoms with Crippen molar-refractivity contribution >= 4 is 45.8 Å². The molecule has 0 atom stereocenters. The number of aliphatic hydroxyl groups excluding tert-OH is 1. The van der Waals surface area contributed by atoms with Crippen LogP contribution in [0.15, 0.2) is 80.1 Å². The Bertz CT molecular complexity index is 1940. The first-order valence-corrected chi connectivity index (χ1v) is 14.4. The van der Waals surface area contributed by atoms with Crippen LogP contribution in [0.5, 0.6) is 23.0 Å². The number of carboxylic acid groups (broad SMARTS) is 2. The van der Waals surface area contributed by atoms with Crippen molar-refractivity contribution < 1.29 is 131 Å². The molecule has 4 aromatic rings. The van der Waals surface area contributed by atoms with Gasteiger partial charge in [-0.25, -0.2) is 9.59 Å². The third-order valence-corrected chi connectivity index (χ3v) is 6.38. The van der Waals surface area contributed by atoms with E-state index in [1.165, 1.54) is 24.3 Å². The summed E-state index contributed by atoms with van der Waals surface area (Å²) in [5, 5.41) is 33.0. The number of esters is 2. The van der Waals surface area contributed by atoms with E-state index in [9.17, 15) is 44.1 Å². The summed E-state index contributed by atoms with van der Waals surface area (Å²) in [4.78, 5) is 71.1. The van der Waals surface area contributed by atoms with Gasteiger partial charge in [0.2, 0.25) is 0 Å². The normalized spacial score (nSPS) is 10.3. The molecule has 2 aromatic heterocycles. The summed E-state index contributed by atoms with van der Waals surface area (Å²) in [5.41, 5.74) is -2.34. The monoisotopic (exact) mass is 740 g/mol. The molecule has 19 heteroatoms. The number of fused-ring (bicyclic) bond motifs is 2. The Morgan fingerprint density at radius 1 is 0.654 bits per heavy atom. The van der Waals surface area contributed by atoms with Crippen molar-refractivity contribution in [3.05, 3.63) is 93.7 Å². The fourth-order valence-electron chi connectivity index (χ4n) is 4.22. The number of carbonyl (C=O) groups is 4. The Balaban J connectivity index is 0.00000468. The molecular weight excluding hydrogens is 714 g/mol. The van der Waals surface area contributed by atoms with Gasteiger partial charge < -0.3 is 62.2 Å². The van der Waals surface area contributed by atoms with Crippen molar-refractivity contribution in [3.63, 3.8) is 0 Å². The summed E-state index contributed by atoms with van der Waals surface area (Å²) in [5.74, 6) is -7.02. The molecule has 0 fully saturated rings. The van der Waals surface area contributed by atoms with E-state index >= 15 is 0 Å². The van der Waals surface area contributed by atoms with Gasteiger partial charge in [0.15, 0.2) is 45.0 Å². The summed E-state index contributed by atoms with van der Waals surface area (Å²) in [6, 6.07) is 6.50. The Morgan fingerprint density at radius 2 is 1.02 bits per heavy atom. The number of aromatic carboxylic acids is 2. The minimum Gasteiger partial charge on any atom is -0.542 e. The first-order chi connectivity index (χ1) is 23.9. The number of ether oxygens (including phenoxy) is 6. The summed E-state index contributed by atoms with van der Waals surface area (Å²) in [6.45, 7) is 4.70. The predicted molar refractivity (Wildman–Crippen MR) is 164 cm³/mol. The van der Waals surface area contributed by atoms with Crippen LogP contribution < -0.4 is 99.1 Å². The SMILES string of the molecule is C=CC(=O)OCCOc1ccc(OCC(O)COc2ccc(OCCOC(=O)C=C)c3oc(C(=O)[O-])cc(=O)c23)c2c(=O)cc(C(=O)[O-])oc12.[Na+].[Na+]. The number of carbonyl (C=O) groups excluding carboxylic acids is 4. The van der Waals surface area contributed by atoms with E-state index < -0.39 is 65.6 Å². The minimum atomic E-state index is -1.78. The average Bonchev–Trinajstić information content (AvgIpc) is 3.09. The van der Waals surface area contributed by atoms with Crippen LogP contribution in [0.2, 0.25) is 0 Å². The van der Waals surface area contributed by atoms with Crippen molar-refractivity contribution in [2.45, 2.75) is 6.10 Å². The van der Waals surface area contributed by atoms with E-state index in [0.717, 1.165) is 12.2 Å². The third-order valence-electron chi connectivity index (χ3n) is 6.38. The molecule has 0 saturated heterocycles. The number of carboxylic acids is 2. The van der Waals surface area contributed by atoms with Gasteiger partial charge in [0.25, 0.3) is 0 Å². The maximum absolute atomic E-state index is 12.9.